The van der Waals surface area contributed by atoms with Crippen LogP contribution in [0.2, 0.25) is 5.02 Å². The first-order valence-corrected chi connectivity index (χ1v) is 9.64. The first kappa shape index (κ1) is 20.2. The summed E-state index contributed by atoms with van der Waals surface area (Å²) in [5.74, 6) is -0.120. The van der Waals surface area contributed by atoms with E-state index in [4.69, 9.17) is 21.1 Å². The van der Waals surface area contributed by atoms with E-state index in [-0.39, 0.29) is 11.7 Å². The zero-order valence-corrected chi connectivity index (χ0v) is 17.8. The molecule has 1 fully saturated rings. The molecular weight excluding hydrogens is 448 g/mol. The Morgan fingerprint density at radius 2 is 1.96 bits per heavy atom. The van der Waals surface area contributed by atoms with Crippen molar-refractivity contribution in [2.75, 3.05) is 12.1 Å². The van der Waals surface area contributed by atoms with Crippen molar-refractivity contribution < 1.29 is 19.1 Å². The quantitative estimate of drug-likeness (QED) is 0.526. The molecule has 6 nitrogen and oxygen atoms in total. The van der Waals surface area contributed by atoms with E-state index in [9.17, 15) is 9.59 Å². The topological polar surface area (TPSA) is 67.9 Å². The standard InChI is InChI=1S/C20H18BrClN2O4/c1-11(2)28-18-16(22)8-12(9-17(18)27-3)7-15-19(25)23-24(20(15)26)14-6-4-5-13(21)10-14/h4-11H,1-3H3,(H,23,25)/b15-7-. The SMILES string of the molecule is COc1cc(/C=C2/C(=O)NN(c3cccc(Br)c3)C2=O)cc(Cl)c1OC(C)C. The Morgan fingerprint density at radius 3 is 2.61 bits per heavy atom. The average Bonchev–Trinajstić information content (AvgIpc) is 2.91. The van der Waals surface area contributed by atoms with Crippen LogP contribution in [0.1, 0.15) is 19.4 Å². The van der Waals surface area contributed by atoms with Crippen molar-refractivity contribution in [1.29, 1.82) is 0 Å². The Morgan fingerprint density at radius 1 is 1.21 bits per heavy atom. The zero-order chi connectivity index (χ0) is 20.4. The maximum atomic E-state index is 12.8. The number of benzene rings is 2. The highest BCUT2D eigenvalue weighted by atomic mass is 79.9. The smallest absolute Gasteiger partial charge is 0.282 e. The van der Waals surface area contributed by atoms with E-state index in [1.807, 2.05) is 19.9 Å². The summed E-state index contributed by atoms with van der Waals surface area (Å²) in [6, 6.07) is 10.4. The lowest BCUT2D eigenvalue weighted by atomic mass is 10.1. The van der Waals surface area contributed by atoms with E-state index in [1.165, 1.54) is 18.2 Å². The van der Waals surface area contributed by atoms with Crippen LogP contribution in [-0.4, -0.2) is 25.0 Å². The molecule has 3 rings (SSSR count). The third kappa shape index (κ3) is 4.15. The van der Waals surface area contributed by atoms with Gasteiger partial charge in [0.1, 0.15) is 5.57 Å². The van der Waals surface area contributed by atoms with Crippen molar-refractivity contribution in [3.8, 4) is 11.5 Å². The van der Waals surface area contributed by atoms with Crippen LogP contribution >= 0.6 is 27.5 Å². The molecule has 1 heterocycles. The predicted octanol–water partition coefficient (Wildman–Crippen LogP) is 4.36. The van der Waals surface area contributed by atoms with Crippen LogP contribution in [0.3, 0.4) is 0 Å². The molecule has 1 aliphatic rings. The number of ether oxygens (including phenoxy) is 2. The maximum absolute atomic E-state index is 12.8. The highest BCUT2D eigenvalue weighted by molar-refractivity contribution is 9.10. The maximum Gasteiger partial charge on any atom is 0.282 e. The largest absolute Gasteiger partial charge is 0.493 e. The van der Waals surface area contributed by atoms with Gasteiger partial charge in [0.05, 0.1) is 23.9 Å². The molecule has 0 unspecified atom stereocenters. The molecule has 1 N–H and O–H groups in total. The second-order valence-electron chi connectivity index (χ2n) is 6.32. The fraction of sp³-hybridized carbons (Fsp3) is 0.200. The normalized spacial score (nSPS) is 15.4. The van der Waals surface area contributed by atoms with Crippen LogP contribution in [0.5, 0.6) is 11.5 Å². The van der Waals surface area contributed by atoms with Crippen LogP contribution in [-0.2, 0) is 9.59 Å². The number of nitrogens with one attached hydrogen (secondary N) is 1. The van der Waals surface area contributed by atoms with Gasteiger partial charge in [-0.05, 0) is 55.8 Å². The summed E-state index contributed by atoms with van der Waals surface area (Å²) in [6.07, 6.45) is 1.39. The van der Waals surface area contributed by atoms with Gasteiger partial charge >= 0.3 is 0 Å². The number of carbonyl (C=O) groups excluding carboxylic acids is 2. The number of rotatable bonds is 5. The van der Waals surface area contributed by atoms with Gasteiger partial charge in [-0.15, -0.1) is 0 Å². The number of nitrogens with zero attached hydrogens (tertiary/aromatic N) is 1. The lowest BCUT2D eigenvalue weighted by Gasteiger charge is -2.16. The van der Waals surface area contributed by atoms with Crippen molar-refractivity contribution in [2.24, 2.45) is 0 Å². The van der Waals surface area contributed by atoms with E-state index in [2.05, 4.69) is 21.4 Å². The number of halogens is 2. The van der Waals surface area contributed by atoms with Gasteiger partial charge in [0.15, 0.2) is 11.5 Å². The molecule has 0 spiro atoms. The zero-order valence-electron chi connectivity index (χ0n) is 15.5. The molecule has 0 atom stereocenters. The lowest BCUT2D eigenvalue weighted by molar-refractivity contribution is -0.117. The third-order valence-corrected chi connectivity index (χ3v) is 4.65. The minimum absolute atomic E-state index is 0.00405. The number of amides is 2. The summed E-state index contributed by atoms with van der Waals surface area (Å²) >= 11 is 9.68. The molecule has 1 aliphatic heterocycles. The minimum Gasteiger partial charge on any atom is -0.493 e. The highest BCUT2D eigenvalue weighted by Gasteiger charge is 2.34. The van der Waals surface area contributed by atoms with Gasteiger partial charge in [-0.25, -0.2) is 5.01 Å². The van der Waals surface area contributed by atoms with E-state index in [0.717, 1.165) is 4.47 Å². The van der Waals surface area contributed by atoms with Gasteiger partial charge in [0, 0.05) is 4.47 Å². The van der Waals surface area contributed by atoms with Gasteiger partial charge in [-0.2, -0.15) is 0 Å². The van der Waals surface area contributed by atoms with Crippen LogP contribution in [0.15, 0.2) is 46.4 Å². The summed E-state index contributed by atoms with van der Waals surface area (Å²) in [7, 11) is 1.50. The molecule has 0 aromatic heterocycles. The van der Waals surface area contributed by atoms with Crippen LogP contribution in [0, 0.1) is 0 Å². The Balaban J connectivity index is 1.96. The first-order valence-electron chi connectivity index (χ1n) is 8.47. The second-order valence-corrected chi connectivity index (χ2v) is 7.64. The van der Waals surface area contributed by atoms with Crippen LogP contribution in [0.4, 0.5) is 5.69 Å². The van der Waals surface area contributed by atoms with E-state index >= 15 is 0 Å². The monoisotopic (exact) mass is 464 g/mol. The number of methoxy groups -OCH3 is 1. The van der Waals surface area contributed by atoms with Gasteiger partial charge in [-0.1, -0.05) is 33.6 Å². The van der Waals surface area contributed by atoms with Crippen molar-refractivity contribution in [3.05, 3.63) is 57.0 Å². The summed E-state index contributed by atoms with van der Waals surface area (Å²) in [5.41, 5.74) is 3.66. The first-order chi connectivity index (χ1) is 13.3. The molecule has 0 saturated carbocycles. The summed E-state index contributed by atoms with van der Waals surface area (Å²) in [4.78, 5) is 25.1. The summed E-state index contributed by atoms with van der Waals surface area (Å²) in [5, 5.41) is 1.53. The molecule has 28 heavy (non-hydrogen) atoms. The fourth-order valence-corrected chi connectivity index (χ4v) is 3.35. The molecule has 0 bridgehead atoms. The number of anilines is 1. The Hall–Kier alpha value is -2.51. The van der Waals surface area contributed by atoms with Gasteiger partial charge in [-0.3, -0.25) is 15.0 Å². The number of carbonyl (C=O) groups is 2. The minimum atomic E-state index is -0.498. The van der Waals surface area contributed by atoms with Crippen LogP contribution in [0.25, 0.3) is 6.08 Å². The van der Waals surface area contributed by atoms with E-state index in [0.29, 0.717) is 27.8 Å². The summed E-state index contributed by atoms with van der Waals surface area (Å²) < 4.78 is 11.8. The molecule has 0 radical (unpaired) electrons. The third-order valence-electron chi connectivity index (χ3n) is 3.87. The molecule has 146 valence electrons. The summed E-state index contributed by atoms with van der Waals surface area (Å²) in [6.45, 7) is 3.76. The Bertz CT molecular complexity index is 975. The van der Waals surface area contributed by atoms with Gasteiger partial charge in [0.2, 0.25) is 0 Å². The molecule has 1 saturated heterocycles. The molecule has 2 amide bonds. The fourth-order valence-electron chi connectivity index (χ4n) is 2.69. The lowest BCUT2D eigenvalue weighted by Crippen LogP contribution is -2.35. The molecule has 0 aliphatic carbocycles. The van der Waals surface area contributed by atoms with Crippen molar-refractivity contribution >= 4 is 51.1 Å². The Labute approximate surface area is 176 Å². The molecule has 2 aromatic rings. The van der Waals surface area contributed by atoms with E-state index in [1.54, 1.807) is 30.3 Å². The van der Waals surface area contributed by atoms with Crippen molar-refractivity contribution in [2.45, 2.75) is 20.0 Å². The van der Waals surface area contributed by atoms with Crippen molar-refractivity contribution in [1.82, 2.24) is 5.43 Å². The number of hydrogen-bond acceptors (Lipinski definition) is 4. The number of hydrazine groups is 1. The van der Waals surface area contributed by atoms with Gasteiger partial charge < -0.3 is 9.47 Å². The highest BCUT2D eigenvalue weighted by Crippen LogP contribution is 2.38. The number of hydrogen-bond donors (Lipinski definition) is 1. The predicted molar refractivity (Wildman–Crippen MR) is 112 cm³/mol. The molecule has 2 aromatic carbocycles. The Kier molecular flexibility index (Phi) is 5.96. The van der Waals surface area contributed by atoms with Crippen molar-refractivity contribution in [3.63, 3.8) is 0 Å². The van der Waals surface area contributed by atoms with Gasteiger partial charge in [0.25, 0.3) is 11.8 Å². The second kappa shape index (κ2) is 8.24. The van der Waals surface area contributed by atoms with Crippen LogP contribution < -0.4 is 19.9 Å². The molecular formula is C20H18BrClN2O4. The van der Waals surface area contributed by atoms with E-state index < -0.39 is 11.8 Å². The average molecular weight is 466 g/mol. The molecule has 8 heteroatoms.